The van der Waals surface area contributed by atoms with Crippen LogP contribution in [0.1, 0.15) is 18.0 Å². The van der Waals surface area contributed by atoms with Gasteiger partial charge in [0.1, 0.15) is 0 Å². The van der Waals surface area contributed by atoms with Crippen molar-refractivity contribution in [2.75, 3.05) is 45.8 Å². The van der Waals surface area contributed by atoms with Crippen LogP contribution < -0.4 is 10.9 Å². The Bertz CT molecular complexity index is 949. The standard InChI is InChI=1S/C23H28N4O2/c28-22-12-19(18-4-2-1-3-5-18)11-21-20-10-17(14-27(21)22)13-25(15-20)16-23(29)26-8-6-24-7-9-26/h1-5,11-12,17,20,24H,6-10,13-16H2/t17-,20+/m0/s1. The molecule has 6 nitrogen and oxygen atoms in total. The number of piperidine rings is 1. The molecule has 5 rings (SSSR count). The second-order valence-electron chi connectivity index (χ2n) is 8.61. The Morgan fingerprint density at radius 1 is 1.00 bits per heavy atom. The van der Waals surface area contributed by atoms with Crippen LogP contribution in [0.4, 0.5) is 0 Å². The van der Waals surface area contributed by atoms with Crippen LogP contribution in [0.5, 0.6) is 0 Å². The minimum Gasteiger partial charge on any atom is -0.339 e. The molecule has 29 heavy (non-hydrogen) atoms. The van der Waals surface area contributed by atoms with E-state index in [1.807, 2.05) is 27.7 Å². The number of amides is 1. The summed E-state index contributed by atoms with van der Waals surface area (Å²) in [7, 11) is 0. The summed E-state index contributed by atoms with van der Waals surface area (Å²) >= 11 is 0. The lowest BCUT2D eigenvalue weighted by Crippen LogP contribution is -2.53. The Kier molecular flexibility index (Phi) is 4.97. The van der Waals surface area contributed by atoms with Crippen LogP contribution in [-0.2, 0) is 11.3 Å². The third-order valence-electron chi connectivity index (χ3n) is 6.57. The van der Waals surface area contributed by atoms with E-state index >= 15 is 0 Å². The maximum Gasteiger partial charge on any atom is 0.251 e. The Hall–Kier alpha value is -2.44. The molecule has 152 valence electrons. The first kappa shape index (κ1) is 18.6. The Balaban J connectivity index is 1.37. The van der Waals surface area contributed by atoms with Crippen LogP contribution in [0.2, 0.25) is 0 Å². The van der Waals surface area contributed by atoms with Gasteiger partial charge < -0.3 is 14.8 Å². The fraction of sp³-hybridized carbons (Fsp3) is 0.478. The lowest BCUT2D eigenvalue weighted by molar-refractivity contribution is -0.133. The molecule has 0 spiro atoms. The first-order valence-corrected chi connectivity index (χ1v) is 10.7. The molecule has 3 aliphatic heterocycles. The highest BCUT2D eigenvalue weighted by Crippen LogP contribution is 2.36. The highest BCUT2D eigenvalue weighted by atomic mass is 16.2. The van der Waals surface area contributed by atoms with Gasteiger partial charge in [-0.15, -0.1) is 0 Å². The van der Waals surface area contributed by atoms with Gasteiger partial charge in [0.05, 0.1) is 6.54 Å². The van der Waals surface area contributed by atoms with Gasteiger partial charge in [0, 0.05) is 63.5 Å². The minimum atomic E-state index is 0.0985. The number of hydrogen-bond donors (Lipinski definition) is 1. The fourth-order valence-corrected chi connectivity index (χ4v) is 5.19. The van der Waals surface area contributed by atoms with Gasteiger partial charge in [-0.3, -0.25) is 14.5 Å². The van der Waals surface area contributed by atoms with Crippen molar-refractivity contribution in [3.8, 4) is 11.1 Å². The summed E-state index contributed by atoms with van der Waals surface area (Å²) in [5, 5.41) is 3.30. The Morgan fingerprint density at radius 2 is 1.79 bits per heavy atom. The summed E-state index contributed by atoms with van der Waals surface area (Å²) in [6.45, 7) is 6.39. The largest absolute Gasteiger partial charge is 0.339 e. The van der Waals surface area contributed by atoms with E-state index in [-0.39, 0.29) is 11.5 Å². The first-order chi connectivity index (χ1) is 14.2. The van der Waals surface area contributed by atoms with E-state index in [2.05, 4.69) is 28.4 Å². The minimum absolute atomic E-state index is 0.0985. The van der Waals surface area contributed by atoms with E-state index in [4.69, 9.17) is 0 Å². The molecule has 4 heterocycles. The molecule has 2 saturated heterocycles. The van der Waals surface area contributed by atoms with Crippen LogP contribution in [0.15, 0.2) is 47.3 Å². The van der Waals surface area contributed by atoms with Crippen molar-refractivity contribution >= 4 is 5.91 Å². The average Bonchev–Trinajstić information content (AvgIpc) is 2.75. The number of carbonyl (C=O) groups excluding carboxylic acids is 1. The molecule has 0 aliphatic carbocycles. The first-order valence-electron chi connectivity index (χ1n) is 10.7. The number of likely N-dealkylation sites (tertiary alicyclic amines) is 1. The van der Waals surface area contributed by atoms with E-state index < -0.39 is 0 Å². The van der Waals surface area contributed by atoms with Gasteiger partial charge in [0.25, 0.3) is 5.56 Å². The molecule has 2 fully saturated rings. The second kappa shape index (κ2) is 7.76. The predicted molar refractivity (Wildman–Crippen MR) is 113 cm³/mol. The van der Waals surface area contributed by atoms with Crippen molar-refractivity contribution in [1.29, 1.82) is 0 Å². The maximum atomic E-state index is 12.8. The van der Waals surface area contributed by atoms with E-state index in [1.165, 1.54) is 0 Å². The Morgan fingerprint density at radius 3 is 2.59 bits per heavy atom. The van der Waals surface area contributed by atoms with Crippen LogP contribution in [0.25, 0.3) is 11.1 Å². The van der Waals surface area contributed by atoms with Crippen LogP contribution in [0, 0.1) is 5.92 Å². The fourth-order valence-electron chi connectivity index (χ4n) is 5.19. The number of carbonyl (C=O) groups is 1. The van der Waals surface area contributed by atoms with Crippen LogP contribution >= 0.6 is 0 Å². The van der Waals surface area contributed by atoms with Gasteiger partial charge in [-0.2, -0.15) is 0 Å². The van der Waals surface area contributed by atoms with Gasteiger partial charge in [-0.1, -0.05) is 30.3 Å². The number of fused-ring (bicyclic) bond motifs is 4. The molecule has 1 aromatic heterocycles. The van der Waals surface area contributed by atoms with E-state index in [0.717, 1.165) is 69.1 Å². The van der Waals surface area contributed by atoms with E-state index in [0.29, 0.717) is 18.4 Å². The lowest BCUT2D eigenvalue weighted by atomic mass is 9.82. The summed E-state index contributed by atoms with van der Waals surface area (Å²) < 4.78 is 1.97. The summed E-state index contributed by atoms with van der Waals surface area (Å²) in [5.74, 6) is 0.994. The molecule has 1 aromatic carbocycles. The summed E-state index contributed by atoms with van der Waals surface area (Å²) in [4.78, 5) is 29.9. The molecule has 1 amide bonds. The maximum absolute atomic E-state index is 12.8. The summed E-state index contributed by atoms with van der Waals surface area (Å²) in [6, 6.07) is 14.1. The molecule has 1 N–H and O–H groups in total. The number of nitrogens with zero attached hydrogens (tertiary/aromatic N) is 3. The number of benzene rings is 1. The van der Waals surface area contributed by atoms with Crippen molar-refractivity contribution in [3.63, 3.8) is 0 Å². The van der Waals surface area contributed by atoms with Gasteiger partial charge in [0.2, 0.25) is 5.91 Å². The molecule has 2 bridgehead atoms. The van der Waals surface area contributed by atoms with Gasteiger partial charge in [0.15, 0.2) is 0 Å². The molecule has 0 unspecified atom stereocenters. The molecule has 0 radical (unpaired) electrons. The second-order valence-corrected chi connectivity index (χ2v) is 8.61. The molecular formula is C23H28N4O2. The third kappa shape index (κ3) is 3.74. The molecule has 6 heteroatoms. The molecule has 2 aromatic rings. The van der Waals surface area contributed by atoms with Crippen LogP contribution in [-0.4, -0.2) is 66.1 Å². The van der Waals surface area contributed by atoms with Crippen molar-refractivity contribution in [2.45, 2.75) is 18.9 Å². The molecular weight excluding hydrogens is 364 g/mol. The van der Waals surface area contributed by atoms with Gasteiger partial charge >= 0.3 is 0 Å². The van der Waals surface area contributed by atoms with Crippen molar-refractivity contribution in [3.05, 3.63) is 58.5 Å². The number of nitrogens with one attached hydrogen (secondary N) is 1. The smallest absolute Gasteiger partial charge is 0.251 e. The summed E-state index contributed by atoms with van der Waals surface area (Å²) in [6.07, 6.45) is 1.11. The third-order valence-corrected chi connectivity index (χ3v) is 6.57. The van der Waals surface area contributed by atoms with Gasteiger partial charge in [-0.25, -0.2) is 0 Å². The van der Waals surface area contributed by atoms with Crippen molar-refractivity contribution in [1.82, 2.24) is 19.7 Å². The lowest BCUT2D eigenvalue weighted by Gasteiger charge is -2.43. The predicted octanol–water partition coefficient (Wildman–Crippen LogP) is 1.37. The van der Waals surface area contributed by atoms with Crippen molar-refractivity contribution < 1.29 is 4.79 Å². The average molecular weight is 393 g/mol. The van der Waals surface area contributed by atoms with Crippen LogP contribution in [0.3, 0.4) is 0 Å². The SMILES string of the molecule is O=C(CN1C[C@@H]2C[C@H](C1)c1cc(-c3ccccc3)cc(=O)n1C2)N1CCNCC1. The number of aromatic nitrogens is 1. The van der Waals surface area contributed by atoms with E-state index in [1.54, 1.807) is 6.07 Å². The zero-order valence-electron chi connectivity index (χ0n) is 16.7. The molecule has 3 aliphatic rings. The zero-order valence-corrected chi connectivity index (χ0v) is 16.7. The highest BCUT2D eigenvalue weighted by molar-refractivity contribution is 5.78. The van der Waals surface area contributed by atoms with Gasteiger partial charge in [-0.05, 0) is 29.5 Å². The number of hydrogen-bond acceptors (Lipinski definition) is 4. The zero-order chi connectivity index (χ0) is 19.8. The topological polar surface area (TPSA) is 57.6 Å². The van der Waals surface area contributed by atoms with Crippen molar-refractivity contribution in [2.24, 2.45) is 5.92 Å². The normalized spacial score (nSPS) is 24.2. The number of piperazine rings is 1. The molecule has 0 saturated carbocycles. The van der Waals surface area contributed by atoms with E-state index in [9.17, 15) is 9.59 Å². The number of pyridine rings is 1. The highest BCUT2D eigenvalue weighted by Gasteiger charge is 2.36. The quantitative estimate of drug-likeness (QED) is 0.857. The monoisotopic (exact) mass is 392 g/mol. The Labute approximate surface area is 171 Å². The summed E-state index contributed by atoms with van der Waals surface area (Å²) in [5.41, 5.74) is 3.30. The number of rotatable bonds is 3. The molecule has 2 atom stereocenters.